The van der Waals surface area contributed by atoms with Gasteiger partial charge in [0.1, 0.15) is 5.82 Å². The first kappa shape index (κ1) is 21.7. The van der Waals surface area contributed by atoms with Crippen LogP contribution in [0.2, 0.25) is 0 Å². The number of rotatable bonds is 8. The molecule has 0 unspecified atom stereocenters. The zero-order valence-electron chi connectivity index (χ0n) is 18.4. The van der Waals surface area contributed by atoms with Crippen molar-refractivity contribution in [3.8, 4) is 0 Å². The molecule has 0 radical (unpaired) electrons. The van der Waals surface area contributed by atoms with Crippen molar-refractivity contribution in [3.63, 3.8) is 0 Å². The summed E-state index contributed by atoms with van der Waals surface area (Å²) in [4.78, 5) is 9.67. The Morgan fingerprint density at radius 1 is 1.03 bits per heavy atom. The molecule has 7 heteroatoms. The highest BCUT2D eigenvalue weighted by Gasteiger charge is 2.14. The average molecular weight is 424 g/mol. The fourth-order valence-electron chi connectivity index (χ4n) is 3.99. The molecule has 4 rings (SSSR count). The van der Waals surface area contributed by atoms with Crippen LogP contribution in [0.3, 0.4) is 0 Å². The fraction of sp³-hybridized carbons (Fsp3) is 0.500. The van der Waals surface area contributed by atoms with Gasteiger partial charge in [0.05, 0.1) is 32.6 Å². The number of nitrogens with one attached hydrogen (secondary N) is 1. The summed E-state index contributed by atoms with van der Waals surface area (Å²) in [6, 6.07) is 12.6. The maximum Gasteiger partial charge on any atom is 0.148 e. The molecule has 2 aliphatic heterocycles. The predicted octanol–water partition coefficient (Wildman–Crippen LogP) is 2.94. The van der Waals surface area contributed by atoms with Crippen LogP contribution in [0.5, 0.6) is 0 Å². The SMILES string of the molecule is Cc1cccc(/C=N/Nc2cc(N3CCOCC3)cc(CCCN3CCOCC3)n2)c1. The summed E-state index contributed by atoms with van der Waals surface area (Å²) < 4.78 is 11.0. The fourth-order valence-corrected chi connectivity index (χ4v) is 3.99. The second kappa shape index (κ2) is 11.2. The Hall–Kier alpha value is -2.48. The summed E-state index contributed by atoms with van der Waals surface area (Å²) in [6.45, 7) is 10.3. The summed E-state index contributed by atoms with van der Waals surface area (Å²) in [7, 11) is 0. The summed E-state index contributed by atoms with van der Waals surface area (Å²) in [5.74, 6) is 0.786. The molecule has 2 saturated heterocycles. The molecule has 2 aromatic rings. The van der Waals surface area contributed by atoms with Crippen LogP contribution in [0.15, 0.2) is 41.5 Å². The van der Waals surface area contributed by atoms with Crippen LogP contribution >= 0.6 is 0 Å². The largest absolute Gasteiger partial charge is 0.379 e. The van der Waals surface area contributed by atoms with Gasteiger partial charge in [-0.1, -0.05) is 29.8 Å². The third-order valence-electron chi connectivity index (χ3n) is 5.69. The Balaban J connectivity index is 1.43. The molecule has 7 nitrogen and oxygen atoms in total. The number of ether oxygens (including phenoxy) is 2. The Labute approximate surface area is 185 Å². The van der Waals surface area contributed by atoms with Crippen molar-refractivity contribution in [3.05, 3.63) is 53.2 Å². The summed E-state index contributed by atoms with van der Waals surface area (Å²) in [6.07, 6.45) is 3.88. The van der Waals surface area contributed by atoms with Gasteiger partial charge >= 0.3 is 0 Å². The van der Waals surface area contributed by atoms with Crippen LogP contribution < -0.4 is 10.3 Å². The number of pyridine rings is 1. The van der Waals surface area contributed by atoms with Crippen LogP contribution in [-0.4, -0.2) is 75.2 Å². The van der Waals surface area contributed by atoms with Gasteiger partial charge in [0, 0.05) is 43.6 Å². The molecule has 0 amide bonds. The molecule has 31 heavy (non-hydrogen) atoms. The lowest BCUT2D eigenvalue weighted by Crippen LogP contribution is -2.37. The molecule has 0 atom stereocenters. The quantitative estimate of drug-likeness (QED) is 0.520. The summed E-state index contributed by atoms with van der Waals surface area (Å²) >= 11 is 0. The minimum atomic E-state index is 0.767. The van der Waals surface area contributed by atoms with Crippen LogP contribution in [0.4, 0.5) is 11.5 Å². The Morgan fingerprint density at radius 2 is 1.81 bits per heavy atom. The van der Waals surface area contributed by atoms with Gasteiger partial charge in [-0.05, 0) is 37.9 Å². The molecule has 1 N–H and O–H groups in total. The molecular weight excluding hydrogens is 390 g/mol. The van der Waals surface area contributed by atoms with E-state index in [2.05, 4.69) is 51.5 Å². The lowest BCUT2D eigenvalue weighted by Gasteiger charge is -2.29. The number of nitrogens with zero attached hydrogens (tertiary/aromatic N) is 4. The van der Waals surface area contributed by atoms with Crippen molar-refractivity contribution >= 4 is 17.7 Å². The number of aryl methyl sites for hydroxylation is 2. The predicted molar refractivity (Wildman–Crippen MR) is 125 cm³/mol. The molecule has 166 valence electrons. The van der Waals surface area contributed by atoms with E-state index >= 15 is 0 Å². The van der Waals surface area contributed by atoms with Gasteiger partial charge in [0.2, 0.25) is 0 Å². The van der Waals surface area contributed by atoms with E-state index in [9.17, 15) is 0 Å². The summed E-state index contributed by atoms with van der Waals surface area (Å²) in [5, 5.41) is 4.43. The van der Waals surface area contributed by atoms with E-state index in [0.29, 0.717) is 0 Å². The third kappa shape index (κ3) is 6.75. The van der Waals surface area contributed by atoms with Crippen molar-refractivity contribution in [1.82, 2.24) is 9.88 Å². The van der Waals surface area contributed by atoms with Crippen LogP contribution in [0.25, 0.3) is 0 Å². The second-order valence-electron chi connectivity index (χ2n) is 8.14. The minimum Gasteiger partial charge on any atom is -0.379 e. The number of aromatic nitrogens is 1. The van der Waals surface area contributed by atoms with Crippen LogP contribution in [0, 0.1) is 6.92 Å². The standard InChI is InChI=1S/C24H33N5O2/c1-20-4-2-5-21(16-20)19-25-27-24-18-23(29-10-14-31-15-11-29)17-22(26-24)6-3-7-28-8-12-30-13-9-28/h2,4-5,16-19H,3,6-15H2,1H3,(H,26,27)/b25-19+. The van der Waals surface area contributed by atoms with Gasteiger partial charge in [0.25, 0.3) is 0 Å². The maximum atomic E-state index is 5.53. The van der Waals surface area contributed by atoms with E-state index in [1.54, 1.807) is 0 Å². The monoisotopic (exact) mass is 423 g/mol. The lowest BCUT2D eigenvalue weighted by molar-refractivity contribution is 0.0374. The maximum absolute atomic E-state index is 5.53. The smallest absolute Gasteiger partial charge is 0.148 e. The molecule has 0 aliphatic carbocycles. The highest BCUT2D eigenvalue weighted by Crippen LogP contribution is 2.22. The second-order valence-corrected chi connectivity index (χ2v) is 8.14. The van der Waals surface area contributed by atoms with E-state index in [4.69, 9.17) is 14.5 Å². The van der Waals surface area contributed by atoms with E-state index in [1.807, 2.05) is 18.3 Å². The van der Waals surface area contributed by atoms with Gasteiger partial charge in [-0.2, -0.15) is 5.10 Å². The number of morpholine rings is 2. The minimum absolute atomic E-state index is 0.767. The topological polar surface area (TPSA) is 62.2 Å². The zero-order valence-corrected chi connectivity index (χ0v) is 18.4. The normalized spacial score (nSPS) is 17.9. The van der Waals surface area contributed by atoms with Crippen LogP contribution in [0.1, 0.15) is 23.2 Å². The highest BCUT2D eigenvalue weighted by atomic mass is 16.5. The number of anilines is 2. The van der Waals surface area contributed by atoms with Gasteiger partial charge < -0.3 is 14.4 Å². The first-order valence-corrected chi connectivity index (χ1v) is 11.3. The Morgan fingerprint density at radius 3 is 2.58 bits per heavy atom. The van der Waals surface area contributed by atoms with Gasteiger partial charge in [0.15, 0.2) is 0 Å². The highest BCUT2D eigenvalue weighted by molar-refractivity contribution is 5.80. The molecule has 3 heterocycles. The van der Waals surface area contributed by atoms with E-state index in [1.165, 1.54) is 11.3 Å². The van der Waals surface area contributed by atoms with Crippen molar-refractivity contribution in [1.29, 1.82) is 0 Å². The molecule has 0 spiro atoms. The van der Waals surface area contributed by atoms with Crippen molar-refractivity contribution in [2.24, 2.45) is 5.10 Å². The molecule has 2 aliphatic rings. The molecule has 1 aromatic heterocycles. The lowest BCUT2D eigenvalue weighted by atomic mass is 10.1. The number of hydrogen-bond acceptors (Lipinski definition) is 7. The van der Waals surface area contributed by atoms with Crippen LogP contribution in [-0.2, 0) is 15.9 Å². The third-order valence-corrected chi connectivity index (χ3v) is 5.69. The summed E-state index contributed by atoms with van der Waals surface area (Å²) in [5.41, 5.74) is 7.73. The average Bonchev–Trinajstić information content (AvgIpc) is 2.80. The Kier molecular flexibility index (Phi) is 7.87. The van der Waals surface area contributed by atoms with Gasteiger partial charge in [-0.25, -0.2) is 4.98 Å². The molecule has 1 aromatic carbocycles. The zero-order chi connectivity index (χ0) is 21.3. The van der Waals surface area contributed by atoms with Crippen molar-refractivity contribution in [2.75, 3.05) is 69.5 Å². The molecule has 0 bridgehead atoms. The molecular formula is C24H33N5O2. The van der Waals surface area contributed by atoms with E-state index in [-0.39, 0.29) is 0 Å². The van der Waals surface area contributed by atoms with E-state index in [0.717, 1.165) is 89.1 Å². The molecule has 0 saturated carbocycles. The molecule has 2 fully saturated rings. The van der Waals surface area contributed by atoms with Crippen molar-refractivity contribution < 1.29 is 9.47 Å². The Bertz CT molecular complexity index is 861. The van der Waals surface area contributed by atoms with Gasteiger partial charge in [-0.3, -0.25) is 10.3 Å². The number of hydrazone groups is 1. The van der Waals surface area contributed by atoms with E-state index < -0.39 is 0 Å². The number of benzene rings is 1. The van der Waals surface area contributed by atoms with Crippen molar-refractivity contribution in [2.45, 2.75) is 19.8 Å². The first-order valence-electron chi connectivity index (χ1n) is 11.3. The first-order chi connectivity index (χ1) is 15.3. The number of hydrogen-bond donors (Lipinski definition) is 1. The van der Waals surface area contributed by atoms with Gasteiger partial charge in [-0.15, -0.1) is 0 Å².